The minimum Gasteiger partial charge on any atom is -0.445 e. The Morgan fingerprint density at radius 2 is 2.03 bits per heavy atom. The number of halogens is 4. The first-order valence-corrected chi connectivity index (χ1v) is 9.79. The molecular formula is C20H15F4N3O2S. The molecule has 0 bridgehead atoms. The molecule has 1 aliphatic heterocycles. The van der Waals surface area contributed by atoms with Gasteiger partial charge in [0.1, 0.15) is 11.6 Å². The van der Waals surface area contributed by atoms with Crippen molar-refractivity contribution < 1.29 is 27.1 Å². The van der Waals surface area contributed by atoms with Crippen LogP contribution < -0.4 is 15.0 Å². The zero-order valence-electron chi connectivity index (χ0n) is 15.4. The van der Waals surface area contributed by atoms with Crippen molar-refractivity contribution in [3.63, 3.8) is 0 Å². The molecule has 0 atom stereocenters. The fourth-order valence-corrected chi connectivity index (χ4v) is 3.81. The van der Waals surface area contributed by atoms with Crippen molar-refractivity contribution >= 4 is 28.2 Å². The van der Waals surface area contributed by atoms with Crippen LogP contribution in [0.3, 0.4) is 0 Å². The fourth-order valence-electron chi connectivity index (χ4n) is 3.13. The Morgan fingerprint density at radius 3 is 2.80 bits per heavy atom. The second-order valence-electron chi connectivity index (χ2n) is 6.57. The number of alkyl halides is 3. The average molecular weight is 437 g/mol. The lowest BCUT2D eigenvalue weighted by Crippen LogP contribution is -2.38. The van der Waals surface area contributed by atoms with Crippen LogP contribution in [0.1, 0.15) is 17.5 Å². The van der Waals surface area contributed by atoms with Crippen molar-refractivity contribution in [2.45, 2.75) is 19.0 Å². The molecule has 5 nitrogen and oxygen atoms in total. The lowest BCUT2D eigenvalue weighted by atomic mass is 9.99. The van der Waals surface area contributed by atoms with Crippen LogP contribution in [0.25, 0.3) is 0 Å². The zero-order valence-corrected chi connectivity index (χ0v) is 16.2. The number of urea groups is 1. The van der Waals surface area contributed by atoms with Gasteiger partial charge in [-0.25, -0.2) is 14.2 Å². The minimum atomic E-state index is -4.49. The molecule has 1 N–H and O–H groups in total. The summed E-state index contributed by atoms with van der Waals surface area (Å²) in [6.45, 7) is 0.290. The smallest absolute Gasteiger partial charge is 0.416 e. The third-order valence-corrected chi connectivity index (χ3v) is 5.28. The number of carbonyl (C=O) groups excluding carboxylic acids is 1. The number of anilines is 2. The largest absolute Gasteiger partial charge is 0.445 e. The van der Waals surface area contributed by atoms with E-state index in [9.17, 15) is 22.4 Å². The fraction of sp³-hybridized carbons (Fsp3) is 0.200. The maximum absolute atomic E-state index is 13.3. The third kappa shape index (κ3) is 4.38. The first kappa shape index (κ1) is 20.1. The molecular weight excluding hydrogens is 422 g/mol. The molecule has 4 rings (SSSR count). The van der Waals surface area contributed by atoms with E-state index in [-0.39, 0.29) is 23.1 Å². The van der Waals surface area contributed by atoms with Crippen molar-refractivity contribution in [2.24, 2.45) is 0 Å². The van der Waals surface area contributed by atoms with E-state index in [1.807, 2.05) is 0 Å². The highest BCUT2D eigenvalue weighted by Gasteiger charge is 2.33. The van der Waals surface area contributed by atoms with Crippen molar-refractivity contribution in [3.05, 3.63) is 65.6 Å². The van der Waals surface area contributed by atoms with E-state index in [4.69, 9.17) is 4.74 Å². The maximum atomic E-state index is 13.3. The van der Waals surface area contributed by atoms with Gasteiger partial charge in [-0.3, -0.25) is 10.2 Å². The summed E-state index contributed by atoms with van der Waals surface area (Å²) in [5.74, 6) is -0.173. The molecule has 0 spiro atoms. The molecule has 2 aromatic carbocycles. The summed E-state index contributed by atoms with van der Waals surface area (Å²) in [4.78, 5) is 18.0. The summed E-state index contributed by atoms with van der Waals surface area (Å²) < 4.78 is 58.0. The van der Waals surface area contributed by atoms with Crippen molar-refractivity contribution in [1.29, 1.82) is 0 Å². The molecule has 2 heterocycles. The molecule has 2 amide bonds. The maximum Gasteiger partial charge on any atom is 0.416 e. The number of carbonyl (C=O) groups is 1. The Kier molecular flexibility index (Phi) is 5.33. The van der Waals surface area contributed by atoms with Crippen LogP contribution in [-0.2, 0) is 12.6 Å². The van der Waals surface area contributed by atoms with Gasteiger partial charge in [0, 0.05) is 18.3 Å². The SMILES string of the molecule is O=C(Nc1ncc(Oc2cccc(F)c2)s1)N1CCCc2ccc(C(F)(F)F)cc21. The van der Waals surface area contributed by atoms with Crippen molar-refractivity contribution in [2.75, 3.05) is 16.8 Å². The van der Waals surface area contributed by atoms with E-state index in [0.717, 1.165) is 23.5 Å². The van der Waals surface area contributed by atoms with Gasteiger partial charge < -0.3 is 4.74 Å². The molecule has 0 saturated heterocycles. The normalized spacial score (nSPS) is 13.7. The van der Waals surface area contributed by atoms with E-state index in [1.165, 1.54) is 35.4 Å². The molecule has 0 unspecified atom stereocenters. The number of aryl methyl sites for hydroxylation is 1. The van der Waals surface area contributed by atoms with Crippen LogP contribution in [0.4, 0.5) is 33.2 Å². The molecule has 1 aromatic heterocycles. The Labute approximate surface area is 172 Å². The lowest BCUT2D eigenvalue weighted by molar-refractivity contribution is -0.137. The zero-order chi connectivity index (χ0) is 21.3. The number of nitrogens with one attached hydrogen (secondary N) is 1. The summed E-state index contributed by atoms with van der Waals surface area (Å²) in [6, 6.07) is 8.41. The topological polar surface area (TPSA) is 54.5 Å². The predicted octanol–water partition coefficient (Wildman–Crippen LogP) is 6.08. The first-order valence-electron chi connectivity index (χ1n) is 8.97. The molecule has 10 heteroatoms. The monoisotopic (exact) mass is 437 g/mol. The number of fused-ring (bicyclic) bond motifs is 1. The van der Waals surface area contributed by atoms with Gasteiger partial charge >= 0.3 is 12.2 Å². The Balaban J connectivity index is 1.50. The molecule has 0 aliphatic carbocycles. The number of nitrogens with zero attached hydrogens (tertiary/aromatic N) is 2. The van der Waals surface area contributed by atoms with E-state index < -0.39 is 23.6 Å². The van der Waals surface area contributed by atoms with Crippen LogP contribution in [-0.4, -0.2) is 17.6 Å². The van der Waals surface area contributed by atoms with Crippen LogP contribution in [0.15, 0.2) is 48.7 Å². The number of rotatable bonds is 3. The number of ether oxygens (including phenoxy) is 1. The standard InChI is InChI=1S/C20H15F4N3O2S/c21-14-4-1-5-15(10-14)29-17-11-25-18(30-17)26-19(28)27-8-2-3-12-6-7-13(9-16(12)27)20(22,23)24/h1,4-7,9-11H,2-3,8H2,(H,25,26,28). The van der Waals surface area contributed by atoms with Gasteiger partial charge in [-0.15, -0.1) is 0 Å². The molecule has 0 saturated carbocycles. The number of thiazole rings is 1. The quantitative estimate of drug-likeness (QED) is 0.506. The average Bonchev–Trinajstić information content (AvgIpc) is 3.13. The third-order valence-electron chi connectivity index (χ3n) is 4.49. The highest BCUT2D eigenvalue weighted by Crippen LogP contribution is 2.36. The second-order valence-corrected chi connectivity index (χ2v) is 7.56. The van der Waals surface area contributed by atoms with E-state index in [1.54, 1.807) is 6.07 Å². The van der Waals surface area contributed by atoms with Crippen molar-refractivity contribution in [1.82, 2.24) is 4.98 Å². The van der Waals surface area contributed by atoms with Crippen molar-refractivity contribution in [3.8, 4) is 10.8 Å². The number of amides is 2. The van der Waals surface area contributed by atoms with Gasteiger partial charge in [-0.05, 0) is 42.7 Å². The highest BCUT2D eigenvalue weighted by molar-refractivity contribution is 7.17. The Hall–Kier alpha value is -3.14. The molecule has 3 aromatic rings. The molecule has 1 aliphatic rings. The second kappa shape index (κ2) is 7.94. The number of aromatic nitrogens is 1. The van der Waals surface area contributed by atoms with Crippen LogP contribution in [0, 0.1) is 5.82 Å². The van der Waals surface area contributed by atoms with Crippen LogP contribution in [0.5, 0.6) is 10.8 Å². The summed E-state index contributed by atoms with van der Waals surface area (Å²) >= 11 is 1.02. The number of hydrogen-bond acceptors (Lipinski definition) is 4. The number of hydrogen-bond donors (Lipinski definition) is 1. The molecule has 30 heavy (non-hydrogen) atoms. The summed E-state index contributed by atoms with van der Waals surface area (Å²) in [5, 5.41) is 3.13. The first-order chi connectivity index (χ1) is 14.3. The lowest BCUT2D eigenvalue weighted by Gasteiger charge is -2.30. The molecule has 0 fully saturated rings. The summed E-state index contributed by atoms with van der Waals surface area (Å²) in [5.41, 5.74) is 0.112. The van der Waals surface area contributed by atoms with Crippen LogP contribution in [0.2, 0.25) is 0 Å². The Bertz CT molecular complexity index is 1080. The van der Waals surface area contributed by atoms with Gasteiger partial charge in [-0.1, -0.05) is 23.5 Å². The summed E-state index contributed by atoms with van der Waals surface area (Å²) in [6.07, 6.45) is -1.89. The van der Waals surface area contributed by atoms with Gasteiger partial charge in [0.25, 0.3) is 0 Å². The van der Waals surface area contributed by atoms with Gasteiger partial charge in [0.15, 0.2) is 5.13 Å². The molecule has 0 radical (unpaired) electrons. The van der Waals surface area contributed by atoms with Gasteiger partial charge in [0.05, 0.1) is 11.8 Å². The van der Waals surface area contributed by atoms with E-state index in [2.05, 4.69) is 10.3 Å². The van der Waals surface area contributed by atoms with E-state index >= 15 is 0 Å². The molecule has 156 valence electrons. The minimum absolute atomic E-state index is 0.213. The van der Waals surface area contributed by atoms with Gasteiger partial charge in [0.2, 0.25) is 5.06 Å². The predicted molar refractivity (Wildman–Crippen MR) is 105 cm³/mol. The van der Waals surface area contributed by atoms with Crippen LogP contribution >= 0.6 is 11.3 Å². The van der Waals surface area contributed by atoms with E-state index in [0.29, 0.717) is 23.5 Å². The Morgan fingerprint density at radius 1 is 1.20 bits per heavy atom. The number of benzene rings is 2. The highest BCUT2D eigenvalue weighted by atomic mass is 32.1. The van der Waals surface area contributed by atoms with Gasteiger partial charge in [-0.2, -0.15) is 13.2 Å². The summed E-state index contributed by atoms with van der Waals surface area (Å²) in [7, 11) is 0.